The van der Waals surface area contributed by atoms with Crippen molar-refractivity contribution >= 4 is 33.8 Å². The van der Waals surface area contributed by atoms with E-state index in [1.165, 1.54) is 5.56 Å². The molecule has 7 heteroatoms. The van der Waals surface area contributed by atoms with E-state index in [1.54, 1.807) is 0 Å². The van der Waals surface area contributed by atoms with Crippen molar-refractivity contribution in [2.24, 2.45) is 5.92 Å². The minimum Gasteiger partial charge on any atom is -0.382 e. The smallest absolute Gasteiger partial charge is 0.315 e. The van der Waals surface area contributed by atoms with Crippen molar-refractivity contribution < 1.29 is 4.79 Å². The van der Waals surface area contributed by atoms with Crippen molar-refractivity contribution in [3.05, 3.63) is 66.0 Å². The van der Waals surface area contributed by atoms with Crippen LogP contribution in [-0.4, -0.2) is 26.6 Å². The fourth-order valence-electron chi connectivity index (χ4n) is 4.40. The van der Waals surface area contributed by atoms with Crippen molar-refractivity contribution in [2.75, 3.05) is 5.73 Å². The van der Waals surface area contributed by atoms with E-state index in [4.69, 9.17) is 10.7 Å². The minimum absolute atomic E-state index is 0.174. The van der Waals surface area contributed by atoms with E-state index >= 15 is 0 Å². The molecule has 32 heavy (non-hydrogen) atoms. The molecule has 2 aromatic heterocycles. The second-order valence-electron chi connectivity index (χ2n) is 8.93. The number of nitrogens with one attached hydrogen (secondary N) is 2. The zero-order valence-electron chi connectivity index (χ0n) is 18.4. The van der Waals surface area contributed by atoms with Crippen LogP contribution in [0.15, 0.2) is 54.6 Å². The van der Waals surface area contributed by atoms with Crippen molar-refractivity contribution in [2.45, 2.75) is 45.3 Å². The summed E-state index contributed by atoms with van der Waals surface area (Å²) in [5, 5.41) is 7.09. The summed E-state index contributed by atoms with van der Waals surface area (Å²) in [5.41, 5.74) is 10.0. The minimum atomic E-state index is -0.174. The van der Waals surface area contributed by atoms with Gasteiger partial charge in [-0.2, -0.15) is 0 Å². The fraction of sp³-hybridized carbons (Fsp3) is 0.320. The highest BCUT2D eigenvalue weighted by atomic mass is 16.2. The number of nitrogens with two attached hydrogens (primary N) is 1. The first kappa shape index (κ1) is 20.3. The van der Waals surface area contributed by atoms with Crippen LogP contribution in [0.4, 0.5) is 10.6 Å². The number of hydrogen-bond donors (Lipinski definition) is 3. The summed E-state index contributed by atoms with van der Waals surface area (Å²) >= 11 is 0. The number of aromatic nitrogens is 3. The van der Waals surface area contributed by atoms with E-state index in [0.717, 1.165) is 35.2 Å². The molecular weight excluding hydrogens is 400 g/mol. The average Bonchev–Trinajstić information content (AvgIpc) is 3.45. The first-order valence-electron chi connectivity index (χ1n) is 11.1. The molecule has 5 rings (SSSR count). The maximum absolute atomic E-state index is 12.6. The third kappa shape index (κ3) is 3.86. The summed E-state index contributed by atoms with van der Waals surface area (Å²) in [4.78, 5) is 21.9. The van der Waals surface area contributed by atoms with Gasteiger partial charge >= 0.3 is 6.03 Å². The number of imidazole rings is 1. The Hall–Kier alpha value is -3.61. The van der Waals surface area contributed by atoms with Gasteiger partial charge in [-0.25, -0.2) is 14.8 Å². The monoisotopic (exact) mass is 428 g/mol. The Morgan fingerprint density at radius 1 is 1.12 bits per heavy atom. The maximum Gasteiger partial charge on any atom is 0.315 e. The molecule has 0 bridgehead atoms. The Morgan fingerprint density at radius 3 is 2.66 bits per heavy atom. The van der Waals surface area contributed by atoms with Gasteiger partial charge in [0.2, 0.25) is 0 Å². The van der Waals surface area contributed by atoms with Crippen molar-refractivity contribution in [1.82, 2.24) is 25.2 Å². The van der Waals surface area contributed by atoms with Crippen LogP contribution in [0.5, 0.6) is 0 Å². The van der Waals surface area contributed by atoms with Crippen LogP contribution < -0.4 is 16.4 Å². The van der Waals surface area contributed by atoms with E-state index in [1.807, 2.05) is 42.5 Å². The predicted molar refractivity (Wildman–Crippen MR) is 127 cm³/mol. The molecule has 1 aliphatic carbocycles. The highest BCUT2D eigenvalue weighted by molar-refractivity contribution is 6.06. The van der Waals surface area contributed by atoms with Gasteiger partial charge in [0.25, 0.3) is 0 Å². The third-order valence-corrected chi connectivity index (χ3v) is 5.98. The van der Waals surface area contributed by atoms with Crippen LogP contribution in [0.25, 0.3) is 21.9 Å². The number of pyridine rings is 1. The van der Waals surface area contributed by atoms with Gasteiger partial charge in [0.05, 0.1) is 17.6 Å². The molecule has 0 aliphatic heterocycles. The summed E-state index contributed by atoms with van der Waals surface area (Å²) in [5.74, 6) is 2.00. The first-order valence-corrected chi connectivity index (χ1v) is 11.1. The lowest BCUT2D eigenvalue weighted by Crippen LogP contribution is -2.37. The molecule has 1 unspecified atom stereocenters. The molecular formula is C25H28N6O. The van der Waals surface area contributed by atoms with Gasteiger partial charge in [-0.1, -0.05) is 62.4 Å². The number of rotatable bonds is 6. The molecule has 1 saturated carbocycles. The summed E-state index contributed by atoms with van der Waals surface area (Å²) in [6.45, 7) is 5.43. The van der Waals surface area contributed by atoms with Crippen LogP contribution in [0, 0.1) is 5.92 Å². The van der Waals surface area contributed by atoms with Gasteiger partial charge in [-0.05, 0) is 24.0 Å². The van der Waals surface area contributed by atoms with E-state index in [0.29, 0.717) is 29.7 Å². The second-order valence-corrected chi connectivity index (χ2v) is 8.93. The van der Waals surface area contributed by atoms with Crippen LogP contribution in [0.1, 0.15) is 37.6 Å². The number of benzene rings is 2. The fourth-order valence-corrected chi connectivity index (χ4v) is 4.40. The molecule has 4 N–H and O–H groups in total. The lowest BCUT2D eigenvalue weighted by atomic mass is 10.1. The third-order valence-electron chi connectivity index (χ3n) is 5.98. The lowest BCUT2D eigenvalue weighted by Gasteiger charge is -2.14. The molecule has 2 aromatic carbocycles. The summed E-state index contributed by atoms with van der Waals surface area (Å²) in [6.07, 6.45) is 0.970. The molecule has 164 valence electrons. The summed E-state index contributed by atoms with van der Waals surface area (Å²) in [7, 11) is 0. The number of carbonyl (C=O) groups excluding carboxylic acids is 1. The lowest BCUT2D eigenvalue weighted by molar-refractivity contribution is 0.239. The van der Waals surface area contributed by atoms with Crippen LogP contribution in [0.2, 0.25) is 0 Å². The highest BCUT2D eigenvalue weighted by Gasteiger charge is 2.39. The molecule has 2 amide bonds. The van der Waals surface area contributed by atoms with Gasteiger partial charge in [-0.15, -0.1) is 0 Å². The van der Waals surface area contributed by atoms with Crippen molar-refractivity contribution in [1.29, 1.82) is 0 Å². The van der Waals surface area contributed by atoms with Crippen LogP contribution >= 0.6 is 0 Å². The highest BCUT2D eigenvalue weighted by Crippen LogP contribution is 2.40. The number of nitrogens with zero attached hydrogens (tertiary/aromatic N) is 3. The normalized spacial score (nSPS) is 17.7. The first-order chi connectivity index (χ1) is 15.5. The molecule has 1 aliphatic rings. The number of hydrogen-bond acceptors (Lipinski definition) is 4. The van der Waals surface area contributed by atoms with Gasteiger partial charge < -0.3 is 20.9 Å². The number of para-hydroxylation sites is 1. The Bertz CT molecular complexity index is 1280. The Labute approximate surface area is 187 Å². The van der Waals surface area contributed by atoms with E-state index in [2.05, 4.69) is 46.2 Å². The summed E-state index contributed by atoms with van der Waals surface area (Å²) < 4.78 is 2.17. The SMILES string of the molecule is CC(C)Cn1c(CNC(=O)NC2C[C@H]2c2ccccc2)nc2c(N)nc3ccccc3c21. The van der Waals surface area contributed by atoms with Crippen molar-refractivity contribution in [3.63, 3.8) is 0 Å². The number of fused-ring (bicyclic) bond motifs is 3. The quantitative estimate of drug-likeness (QED) is 0.429. The Morgan fingerprint density at radius 2 is 1.88 bits per heavy atom. The largest absolute Gasteiger partial charge is 0.382 e. The van der Waals surface area contributed by atoms with E-state index < -0.39 is 0 Å². The van der Waals surface area contributed by atoms with E-state index in [9.17, 15) is 4.79 Å². The second kappa shape index (κ2) is 8.15. The molecule has 7 nitrogen and oxygen atoms in total. The number of amides is 2. The standard InChI is InChI=1S/C25H28N6O/c1-15(2)14-31-21(30-22-23(31)17-10-6-7-11-19(17)28-24(22)26)13-27-25(32)29-20-12-18(20)16-8-4-3-5-9-16/h3-11,15,18,20H,12-14H2,1-2H3,(H2,26,28)(H2,27,29,32)/t18-,20?/m0/s1. The molecule has 1 fully saturated rings. The van der Waals surface area contributed by atoms with Gasteiger partial charge in [-0.3, -0.25) is 0 Å². The average molecular weight is 429 g/mol. The number of carbonyl (C=O) groups is 1. The Balaban J connectivity index is 1.36. The molecule has 0 spiro atoms. The number of nitrogen functional groups attached to an aromatic ring is 1. The zero-order chi connectivity index (χ0) is 22.2. The summed E-state index contributed by atoms with van der Waals surface area (Å²) in [6, 6.07) is 18.3. The molecule has 4 aromatic rings. The maximum atomic E-state index is 12.6. The van der Waals surface area contributed by atoms with Crippen LogP contribution in [0.3, 0.4) is 0 Å². The molecule has 0 saturated heterocycles. The van der Waals surface area contributed by atoms with Gasteiger partial charge in [0.15, 0.2) is 5.82 Å². The van der Waals surface area contributed by atoms with Crippen LogP contribution in [-0.2, 0) is 13.1 Å². The molecule has 2 heterocycles. The van der Waals surface area contributed by atoms with Gasteiger partial charge in [0.1, 0.15) is 11.3 Å². The van der Waals surface area contributed by atoms with Gasteiger partial charge in [0, 0.05) is 23.9 Å². The molecule has 2 atom stereocenters. The molecule has 0 radical (unpaired) electrons. The number of urea groups is 1. The predicted octanol–water partition coefficient (Wildman–Crippen LogP) is 4.18. The topological polar surface area (TPSA) is 97.9 Å². The van der Waals surface area contributed by atoms with E-state index in [-0.39, 0.29) is 12.1 Å². The number of anilines is 1. The van der Waals surface area contributed by atoms with Crippen molar-refractivity contribution in [3.8, 4) is 0 Å². The Kier molecular flexibility index (Phi) is 5.17. The zero-order valence-corrected chi connectivity index (χ0v) is 18.4.